The largest absolute Gasteiger partial charge is 0.328 e. The second-order valence-corrected chi connectivity index (χ2v) is 4.40. The van der Waals surface area contributed by atoms with E-state index < -0.39 is 0 Å². The molecule has 0 atom stereocenters. The molecule has 4 nitrogen and oxygen atoms in total. The molecule has 3 aromatic rings. The summed E-state index contributed by atoms with van der Waals surface area (Å²) >= 11 is 0. The van der Waals surface area contributed by atoms with Gasteiger partial charge < -0.3 is 4.90 Å². The van der Waals surface area contributed by atoms with Crippen LogP contribution in [0.3, 0.4) is 0 Å². The first-order valence-electron chi connectivity index (χ1n) is 6.24. The summed E-state index contributed by atoms with van der Waals surface area (Å²) in [4.78, 5) is 10.5. The number of hydrogen-bond donors (Lipinski definition) is 0. The van der Waals surface area contributed by atoms with E-state index in [0.29, 0.717) is 5.56 Å². The molecule has 1 aromatic heterocycles. The fourth-order valence-corrected chi connectivity index (χ4v) is 2.23. The molecule has 3 rings (SSSR count). The molecule has 0 aliphatic carbocycles. The predicted molar refractivity (Wildman–Crippen MR) is 78.8 cm³/mol. The number of hydrogen-bond acceptors (Lipinski definition) is 4. The molecule has 0 N–H and O–H groups in total. The topological polar surface area (TPSA) is 52.8 Å². The number of anilines is 2. The van der Waals surface area contributed by atoms with Crippen LogP contribution in [0, 0.1) is 11.3 Å². The highest BCUT2D eigenvalue weighted by atomic mass is 15.2. The Labute approximate surface area is 116 Å². The lowest BCUT2D eigenvalue weighted by atomic mass is 10.1. The van der Waals surface area contributed by atoms with Crippen LogP contribution in [0.5, 0.6) is 0 Å². The summed E-state index contributed by atoms with van der Waals surface area (Å²) in [5.41, 5.74) is 2.34. The maximum atomic E-state index is 9.22. The maximum absolute atomic E-state index is 9.22. The molecule has 1 heterocycles. The van der Waals surface area contributed by atoms with Crippen molar-refractivity contribution in [1.29, 1.82) is 5.26 Å². The van der Waals surface area contributed by atoms with E-state index in [1.165, 1.54) is 0 Å². The van der Waals surface area contributed by atoms with Crippen molar-refractivity contribution in [2.75, 3.05) is 11.9 Å². The second kappa shape index (κ2) is 4.98. The number of aromatic nitrogens is 2. The molecule has 0 aliphatic heterocycles. The van der Waals surface area contributed by atoms with Crippen LogP contribution in [0.2, 0.25) is 0 Å². The summed E-state index contributed by atoms with van der Waals surface area (Å²) in [5, 5.41) is 10.2. The van der Waals surface area contributed by atoms with Crippen molar-refractivity contribution >= 4 is 22.4 Å². The lowest BCUT2D eigenvalue weighted by molar-refractivity contribution is 1.11. The van der Waals surface area contributed by atoms with E-state index in [2.05, 4.69) is 16.0 Å². The smallest absolute Gasteiger partial charge is 0.144 e. The van der Waals surface area contributed by atoms with E-state index in [0.717, 1.165) is 22.4 Å². The molecular formula is C16H12N4. The first-order chi connectivity index (χ1) is 9.81. The highest BCUT2D eigenvalue weighted by Crippen LogP contribution is 2.29. The summed E-state index contributed by atoms with van der Waals surface area (Å²) in [6.45, 7) is 0. The molecule has 0 bridgehead atoms. The summed E-state index contributed by atoms with van der Waals surface area (Å²) in [7, 11) is 1.91. The van der Waals surface area contributed by atoms with Crippen molar-refractivity contribution in [2.24, 2.45) is 0 Å². The van der Waals surface area contributed by atoms with Gasteiger partial charge in [-0.1, -0.05) is 24.3 Å². The van der Waals surface area contributed by atoms with E-state index >= 15 is 0 Å². The van der Waals surface area contributed by atoms with E-state index in [-0.39, 0.29) is 0 Å². The van der Waals surface area contributed by atoms with Gasteiger partial charge >= 0.3 is 0 Å². The monoisotopic (exact) mass is 260 g/mol. The van der Waals surface area contributed by atoms with Gasteiger partial charge in [0.1, 0.15) is 18.2 Å². The average molecular weight is 260 g/mol. The molecule has 0 amide bonds. The van der Waals surface area contributed by atoms with Crippen LogP contribution >= 0.6 is 0 Å². The molecular weight excluding hydrogens is 248 g/mol. The van der Waals surface area contributed by atoms with E-state index in [9.17, 15) is 5.26 Å². The zero-order chi connectivity index (χ0) is 13.9. The van der Waals surface area contributed by atoms with Crippen molar-refractivity contribution in [3.8, 4) is 6.07 Å². The first kappa shape index (κ1) is 12.1. The van der Waals surface area contributed by atoms with Crippen molar-refractivity contribution in [2.45, 2.75) is 0 Å². The normalized spacial score (nSPS) is 10.2. The van der Waals surface area contributed by atoms with Crippen LogP contribution < -0.4 is 4.90 Å². The fraction of sp³-hybridized carbons (Fsp3) is 0.0625. The van der Waals surface area contributed by atoms with Gasteiger partial charge in [-0.05, 0) is 24.3 Å². The van der Waals surface area contributed by atoms with Gasteiger partial charge in [-0.25, -0.2) is 9.97 Å². The predicted octanol–water partition coefficient (Wildman–Crippen LogP) is 3.27. The van der Waals surface area contributed by atoms with Gasteiger partial charge in [0.15, 0.2) is 0 Å². The second-order valence-electron chi connectivity index (χ2n) is 4.40. The average Bonchev–Trinajstić information content (AvgIpc) is 2.53. The number of para-hydroxylation sites is 2. The van der Waals surface area contributed by atoms with Crippen LogP contribution in [-0.2, 0) is 0 Å². The fourth-order valence-electron chi connectivity index (χ4n) is 2.23. The Kier molecular flexibility index (Phi) is 3.02. The molecule has 0 unspecified atom stereocenters. The van der Waals surface area contributed by atoms with Gasteiger partial charge in [0.2, 0.25) is 0 Å². The Morgan fingerprint density at radius 2 is 1.75 bits per heavy atom. The van der Waals surface area contributed by atoms with Crippen LogP contribution in [0.15, 0.2) is 54.9 Å². The molecule has 2 aromatic carbocycles. The summed E-state index contributed by atoms with van der Waals surface area (Å²) in [5.74, 6) is 0.790. The summed E-state index contributed by atoms with van der Waals surface area (Å²) in [6.07, 6.45) is 1.54. The minimum absolute atomic E-state index is 0.623. The Morgan fingerprint density at radius 1 is 1.00 bits per heavy atom. The molecule has 0 fully saturated rings. The molecule has 0 radical (unpaired) electrons. The first-order valence-corrected chi connectivity index (χ1v) is 6.24. The van der Waals surface area contributed by atoms with Crippen molar-refractivity contribution in [1.82, 2.24) is 9.97 Å². The molecule has 0 saturated heterocycles. The lowest BCUT2D eigenvalue weighted by Crippen LogP contribution is -2.13. The highest BCUT2D eigenvalue weighted by molar-refractivity contribution is 5.91. The number of nitriles is 1. The zero-order valence-corrected chi connectivity index (χ0v) is 11.0. The third-order valence-electron chi connectivity index (χ3n) is 3.23. The molecule has 0 spiro atoms. The number of rotatable bonds is 2. The Balaban J connectivity index is 2.18. The van der Waals surface area contributed by atoms with Gasteiger partial charge in [-0.3, -0.25) is 0 Å². The summed E-state index contributed by atoms with van der Waals surface area (Å²) in [6, 6.07) is 17.5. The van der Waals surface area contributed by atoms with Crippen LogP contribution in [0.25, 0.3) is 10.9 Å². The number of benzene rings is 2. The number of nitrogens with zero attached hydrogens (tertiary/aromatic N) is 4. The minimum atomic E-state index is 0.623. The third-order valence-corrected chi connectivity index (χ3v) is 3.23. The Hall–Kier alpha value is -2.93. The van der Waals surface area contributed by atoms with Crippen molar-refractivity contribution in [3.05, 3.63) is 60.4 Å². The maximum Gasteiger partial charge on any atom is 0.144 e. The molecule has 20 heavy (non-hydrogen) atoms. The SMILES string of the molecule is CN(c1ccccc1C#N)c1ncnc2ccccc12. The third kappa shape index (κ3) is 1.95. The quantitative estimate of drug-likeness (QED) is 0.709. The van der Waals surface area contributed by atoms with Crippen LogP contribution in [0.1, 0.15) is 5.56 Å². The molecule has 96 valence electrons. The Bertz CT molecular complexity index is 799. The van der Waals surface area contributed by atoms with E-state index in [1.54, 1.807) is 12.4 Å². The van der Waals surface area contributed by atoms with E-state index in [4.69, 9.17) is 0 Å². The highest BCUT2D eigenvalue weighted by Gasteiger charge is 2.12. The standard InChI is InChI=1S/C16H12N4/c1-20(15-9-5-2-6-12(15)10-17)16-13-7-3-4-8-14(13)18-11-19-16/h2-9,11H,1H3. The van der Waals surface area contributed by atoms with Crippen molar-refractivity contribution in [3.63, 3.8) is 0 Å². The molecule has 4 heteroatoms. The van der Waals surface area contributed by atoms with Gasteiger partial charge in [-0.15, -0.1) is 0 Å². The zero-order valence-electron chi connectivity index (χ0n) is 11.0. The van der Waals surface area contributed by atoms with Gasteiger partial charge in [-0.2, -0.15) is 5.26 Å². The summed E-state index contributed by atoms with van der Waals surface area (Å²) < 4.78 is 0. The minimum Gasteiger partial charge on any atom is -0.328 e. The number of fused-ring (bicyclic) bond motifs is 1. The Morgan fingerprint density at radius 3 is 2.60 bits per heavy atom. The van der Waals surface area contributed by atoms with Crippen molar-refractivity contribution < 1.29 is 0 Å². The van der Waals surface area contributed by atoms with Gasteiger partial charge in [0.05, 0.1) is 16.8 Å². The van der Waals surface area contributed by atoms with Crippen LogP contribution in [0.4, 0.5) is 11.5 Å². The van der Waals surface area contributed by atoms with E-state index in [1.807, 2.05) is 54.4 Å². The lowest BCUT2D eigenvalue weighted by Gasteiger charge is -2.20. The molecule has 0 saturated carbocycles. The van der Waals surface area contributed by atoms with Gasteiger partial charge in [0.25, 0.3) is 0 Å². The molecule has 0 aliphatic rings. The van der Waals surface area contributed by atoms with Crippen LogP contribution in [-0.4, -0.2) is 17.0 Å². The van der Waals surface area contributed by atoms with Gasteiger partial charge in [0, 0.05) is 12.4 Å².